The lowest BCUT2D eigenvalue weighted by atomic mass is 10.0. The molecule has 1 fully saturated rings. The molecule has 0 aromatic heterocycles. The summed E-state index contributed by atoms with van der Waals surface area (Å²) in [5, 5.41) is 2.79. The fraction of sp³-hybridized carbons (Fsp3) is 0.917. The van der Waals surface area contributed by atoms with Crippen LogP contribution in [0.3, 0.4) is 0 Å². The largest absolute Gasteiger partial charge is 0.355 e. The van der Waals surface area contributed by atoms with Crippen molar-refractivity contribution >= 4 is 15.7 Å². The van der Waals surface area contributed by atoms with Gasteiger partial charge in [-0.1, -0.05) is 25.7 Å². The summed E-state index contributed by atoms with van der Waals surface area (Å²) in [5.41, 5.74) is 5.64. The molecule has 0 heterocycles. The van der Waals surface area contributed by atoms with Crippen molar-refractivity contribution in [2.75, 3.05) is 18.6 Å². The molecule has 1 aliphatic carbocycles. The third kappa shape index (κ3) is 6.35. The SMILES string of the molecule is CS(=O)(=O)CCC(N)C(=O)NCCC1CCCC1. The molecule has 0 radical (unpaired) electrons. The number of hydrogen-bond donors (Lipinski definition) is 2. The Hall–Kier alpha value is -0.620. The molecule has 1 aliphatic rings. The van der Waals surface area contributed by atoms with Crippen LogP contribution in [0.2, 0.25) is 0 Å². The van der Waals surface area contributed by atoms with Crippen LogP contribution in [0.5, 0.6) is 0 Å². The van der Waals surface area contributed by atoms with E-state index in [1.54, 1.807) is 0 Å². The predicted molar refractivity (Wildman–Crippen MR) is 71.9 cm³/mol. The van der Waals surface area contributed by atoms with Gasteiger partial charge >= 0.3 is 0 Å². The monoisotopic (exact) mass is 276 g/mol. The van der Waals surface area contributed by atoms with E-state index in [1.165, 1.54) is 25.7 Å². The molecule has 1 saturated carbocycles. The van der Waals surface area contributed by atoms with Crippen molar-refractivity contribution in [3.63, 3.8) is 0 Å². The highest BCUT2D eigenvalue weighted by molar-refractivity contribution is 7.90. The van der Waals surface area contributed by atoms with Gasteiger partial charge in [0.25, 0.3) is 0 Å². The molecule has 3 N–H and O–H groups in total. The smallest absolute Gasteiger partial charge is 0.236 e. The van der Waals surface area contributed by atoms with E-state index in [-0.39, 0.29) is 18.1 Å². The van der Waals surface area contributed by atoms with E-state index in [4.69, 9.17) is 5.73 Å². The molecule has 0 aliphatic heterocycles. The summed E-state index contributed by atoms with van der Waals surface area (Å²) in [6.07, 6.45) is 7.46. The molecule has 6 heteroatoms. The van der Waals surface area contributed by atoms with Crippen molar-refractivity contribution in [3.8, 4) is 0 Å². The average Bonchev–Trinajstić information content (AvgIpc) is 2.77. The van der Waals surface area contributed by atoms with Gasteiger partial charge in [0.1, 0.15) is 9.84 Å². The van der Waals surface area contributed by atoms with Crippen LogP contribution in [-0.2, 0) is 14.6 Å². The zero-order valence-electron chi connectivity index (χ0n) is 11.0. The fourth-order valence-corrected chi connectivity index (χ4v) is 2.98. The van der Waals surface area contributed by atoms with Crippen LogP contribution in [-0.4, -0.2) is 38.9 Å². The van der Waals surface area contributed by atoms with Gasteiger partial charge in [-0.05, 0) is 18.8 Å². The Bertz CT molecular complexity index is 362. The first-order chi connectivity index (χ1) is 8.38. The second kappa shape index (κ2) is 7.09. The molecule has 0 saturated heterocycles. The van der Waals surface area contributed by atoms with Crippen LogP contribution in [0, 0.1) is 5.92 Å². The molecule has 106 valence electrons. The van der Waals surface area contributed by atoms with E-state index in [2.05, 4.69) is 5.32 Å². The quantitative estimate of drug-likeness (QED) is 0.706. The van der Waals surface area contributed by atoms with Crippen molar-refractivity contribution in [2.45, 2.75) is 44.6 Å². The van der Waals surface area contributed by atoms with E-state index < -0.39 is 15.9 Å². The number of sulfone groups is 1. The topological polar surface area (TPSA) is 89.3 Å². The predicted octanol–water partition coefficient (Wildman–Crippen LogP) is 0.445. The first-order valence-electron chi connectivity index (χ1n) is 6.59. The maximum Gasteiger partial charge on any atom is 0.236 e. The lowest BCUT2D eigenvalue weighted by Gasteiger charge is -2.13. The second-order valence-corrected chi connectivity index (χ2v) is 7.51. The molecule has 1 rings (SSSR count). The molecule has 0 aromatic rings. The van der Waals surface area contributed by atoms with Gasteiger partial charge < -0.3 is 11.1 Å². The number of carbonyl (C=O) groups excluding carboxylic acids is 1. The van der Waals surface area contributed by atoms with Crippen LogP contribution in [0.25, 0.3) is 0 Å². The molecule has 1 amide bonds. The van der Waals surface area contributed by atoms with E-state index >= 15 is 0 Å². The lowest BCUT2D eigenvalue weighted by molar-refractivity contribution is -0.122. The van der Waals surface area contributed by atoms with Crippen LogP contribution in [0.4, 0.5) is 0 Å². The fourth-order valence-electron chi connectivity index (χ4n) is 2.30. The van der Waals surface area contributed by atoms with Crippen LogP contribution in [0.15, 0.2) is 0 Å². The van der Waals surface area contributed by atoms with Gasteiger partial charge in [-0.15, -0.1) is 0 Å². The molecule has 18 heavy (non-hydrogen) atoms. The van der Waals surface area contributed by atoms with E-state index in [0.29, 0.717) is 6.54 Å². The van der Waals surface area contributed by atoms with Gasteiger partial charge in [-0.3, -0.25) is 4.79 Å². The minimum Gasteiger partial charge on any atom is -0.355 e. The number of amides is 1. The summed E-state index contributed by atoms with van der Waals surface area (Å²) in [7, 11) is -3.05. The second-order valence-electron chi connectivity index (χ2n) is 5.26. The summed E-state index contributed by atoms with van der Waals surface area (Å²) < 4.78 is 21.9. The average molecular weight is 276 g/mol. The number of hydrogen-bond acceptors (Lipinski definition) is 4. The maximum absolute atomic E-state index is 11.6. The third-order valence-corrected chi connectivity index (χ3v) is 4.44. The standard InChI is InChI=1S/C12H24N2O3S/c1-18(16,17)9-7-11(13)12(15)14-8-6-10-4-2-3-5-10/h10-11H,2-9,13H2,1H3,(H,14,15). The third-order valence-electron chi connectivity index (χ3n) is 3.46. The first-order valence-corrected chi connectivity index (χ1v) is 8.65. The number of rotatable bonds is 7. The number of nitrogens with one attached hydrogen (secondary N) is 1. The molecular formula is C12H24N2O3S. The van der Waals surface area contributed by atoms with Gasteiger partial charge in [0.05, 0.1) is 11.8 Å². The van der Waals surface area contributed by atoms with E-state index in [1.807, 2.05) is 0 Å². The van der Waals surface area contributed by atoms with Crippen molar-refractivity contribution in [1.82, 2.24) is 5.32 Å². The van der Waals surface area contributed by atoms with Gasteiger partial charge in [0, 0.05) is 12.8 Å². The Labute approximate surface area is 109 Å². The molecule has 1 atom stereocenters. The van der Waals surface area contributed by atoms with Gasteiger partial charge in [0.15, 0.2) is 0 Å². The molecule has 1 unspecified atom stereocenters. The number of nitrogens with two attached hydrogens (primary N) is 1. The summed E-state index contributed by atoms with van der Waals surface area (Å²) in [5.74, 6) is 0.457. The normalized spacial score (nSPS) is 18.8. The van der Waals surface area contributed by atoms with Crippen LogP contribution >= 0.6 is 0 Å². The molecule has 0 bridgehead atoms. The van der Waals surface area contributed by atoms with Gasteiger partial charge in [-0.2, -0.15) is 0 Å². The molecular weight excluding hydrogens is 252 g/mol. The first kappa shape index (κ1) is 15.4. The molecule has 0 aromatic carbocycles. The highest BCUT2D eigenvalue weighted by atomic mass is 32.2. The highest BCUT2D eigenvalue weighted by Gasteiger charge is 2.17. The molecule has 0 spiro atoms. The Balaban J connectivity index is 2.14. The number of carbonyl (C=O) groups is 1. The summed E-state index contributed by atoms with van der Waals surface area (Å²) in [6, 6.07) is -0.719. The molecule has 5 nitrogen and oxygen atoms in total. The Kier molecular flexibility index (Phi) is 6.08. The van der Waals surface area contributed by atoms with Gasteiger partial charge in [0.2, 0.25) is 5.91 Å². The van der Waals surface area contributed by atoms with Crippen molar-refractivity contribution in [2.24, 2.45) is 11.7 Å². The van der Waals surface area contributed by atoms with Gasteiger partial charge in [-0.25, -0.2) is 8.42 Å². The van der Waals surface area contributed by atoms with E-state index in [0.717, 1.165) is 18.6 Å². The summed E-state index contributed by atoms with van der Waals surface area (Å²) in [6.45, 7) is 0.649. The Morgan fingerprint density at radius 1 is 1.39 bits per heavy atom. The van der Waals surface area contributed by atoms with Crippen molar-refractivity contribution < 1.29 is 13.2 Å². The van der Waals surface area contributed by atoms with E-state index in [9.17, 15) is 13.2 Å². The minimum absolute atomic E-state index is 0.0375. The van der Waals surface area contributed by atoms with Crippen LogP contribution < -0.4 is 11.1 Å². The van der Waals surface area contributed by atoms with Crippen molar-refractivity contribution in [3.05, 3.63) is 0 Å². The Morgan fingerprint density at radius 2 is 2.00 bits per heavy atom. The summed E-state index contributed by atoms with van der Waals surface area (Å²) >= 11 is 0. The lowest BCUT2D eigenvalue weighted by Crippen LogP contribution is -2.42. The van der Waals surface area contributed by atoms with Crippen LogP contribution in [0.1, 0.15) is 38.5 Å². The Morgan fingerprint density at radius 3 is 2.56 bits per heavy atom. The van der Waals surface area contributed by atoms with Crippen molar-refractivity contribution in [1.29, 1.82) is 0 Å². The summed E-state index contributed by atoms with van der Waals surface area (Å²) in [4.78, 5) is 11.6. The zero-order chi connectivity index (χ0) is 13.6. The zero-order valence-corrected chi connectivity index (χ0v) is 11.8. The minimum atomic E-state index is -3.05. The highest BCUT2D eigenvalue weighted by Crippen LogP contribution is 2.26. The maximum atomic E-state index is 11.6.